The molecule has 1 aliphatic rings. The molecule has 1 rings (SSSR count). The molecule has 5 heteroatoms. The molecule has 4 nitrogen and oxygen atoms in total. The van der Waals surface area contributed by atoms with Crippen LogP contribution < -0.4 is 0 Å². The predicted molar refractivity (Wildman–Crippen MR) is 59.5 cm³/mol. The van der Waals surface area contributed by atoms with Gasteiger partial charge in [0.05, 0.1) is 18.2 Å². The molecular weight excluding hydrogens is 212 g/mol. The fourth-order valence-corrected chi connectivity index (χ4v) is 1.55. The van der Waals surface area contributed by atoms with E-state index in [4.69, 9.17) is 22.2 Å². The van der Waals surface area contributed by atoms with Gasteiger partial charge in [-0.05, 0) is 19.9 Å². The van der Waals surface area contributed by atoms with Crippen LogP contribution in [0.4, 0.5) is 0 Å². The maximum Gasteiger partial charge on any atom is 0.335 e. The summed E-state index contributed by atoms with van der Waals surface area (Å²) in [5, 5.41) is 8.88. The Labute approximate surface area is 93.3 Å². The quantitative estimate of drug-likeness (QED) is 0.523. The molecule has 0 aromatic carbocycles. The minimum atomic E-state index is -0.761. The van der Waals surface area contributed by atoms with Crippen molar-refractivity contribution < 1.29 is 9.53 Å². The maximum atomic E-state index is 11.5. The highest BCUT2D eigenvalue weighted by molar-refractivity contribution is 7.80. The molecule has 0 aromatic rings. The van der Waals surface area contributed by atoms with Crippen molar-refractivity contribution in [2.24, 2.45) is 10.9 Å². The third-order valence-electron chi connectivity index (χ3n) is 1.85. The van der Waals surface area contributed by atoms with E-state index in [0.29, 0.717) is 5.71 Å². The van der Waals surface area contributed by atoms with Gasteiger partial charge in [-0.15, -0.1) is 0 Å². The number of allylic oxidation sites excluding steroid dienone is 1. The van der Waals surface area contributed by atoms with E-state index in [0.717, 1.165) is 0 Å². The van der Waals surface area contributed by atoms with Crippen molar-refractivity contribution in [2.75, 3.05) is 6.61 Å². The molecule has 0 N–H and O–H groups in total. The molecule has 1 heterocycles. The minimum Gasteiger partial charge on any atom is -0.463 e. The molecule has 78 valence electrons. The smallest absolute Gasteiger partial charge is 0.335 e. The molecular formula is C10H10N2O2S. The maximum absolute atomic E-state index is 11.5. The lowest BCUT2D eigenvalue weighted by molar-refractivity contribution is -0.138. The summed E-state index contributed by atoms with van der Waals surface area (Å²) in [4.78, 5) is 15.7. The summed E-state index contributed by atoms with van der Waals surface area (Å²) in [5.74, 6) is -1.26. The van der Waals surface area contributed by atoms with E-state index in [1.807, 2.05) is 6.07 Å². The fourth-order valence-electron chi connectivity index (χ4n) is 1.23. The summed E-state index contributed by atoms with van der Waals surface area (Å²) < 4.78 is 4.84. The van der Waals surface area contributed by atoms with Gasteiger partial charge < -0.3 is 4.74 Å². The number of nitriles is 1. The first-order valence-corrected chi connectivity index (χ1v) is 4.88. The first-order valence-electron chi connectivity index (χ1n) is 4.47. The number of ether oxygens (including phenoxy) is 1. The van der Waals surface area contributed by atoms with E-state index in [9.17, 15) is 4.79 Å². The molecule has 0 bridgehead atoms. The molecule has 1 unspecified atom stereocenters. The van der Waals surface area contributed by atoms with Crippen molar-refractivity contribution in [1.82, 2.24) is 0 Å². The van der Waals surface area contributed by atoms with Crippen molar-refractivity contribution in [3.63, 3.8) is 0 Å². The average molecular weight is 222 g/mol. The number of hydrogen-bond donors (Lipinski definition) is 0. The summed E-state index contributed by atoms with van der Waals surface area (Å²) in [6.45, 7) is 3.71. The van der Waals surface area contributed by atoms with E-state index in [2.05, 4.69) is 4.99 Å². The zero-order valence-corrected chi connectivity index (χ0v) is 9.30. The largest absolute Gasteiger partial charge is 0.463 e. The number of aliphatic imine (C=N–C) groups is 1. The molecule has 0 aliphatic carbocycles. The van der Waals surface area contributed by atoms with Crippen LogP contribution in [-0.2, 0) is 9.53 Å². The topological polar surface area (TPSA) is 62.4 Å². The minimum absolute atomic E-state index is 0.223. The number of hydrogen-bond acceptors (Lipinski definition) is 4. The lowest BCUT2D eigenvalue weighted by Crippen LogP contribution is -2.24. The van der Waals surface area contributed by atoms with Crippen LogP contribution in [-0.4, -0.2) is 23.3 Å². The van der Waals surface area contributed by atoms with Gasteiger partial charge in [-0.25, -0.2) is 9.79 Å². The molecule has 0 amide bonds. The molecule has 0 radical (unpaired) electrons. The van der Waals surface area contributed by atoms with Crippen molar-refractivity contribution in [3.05, 3.63) is 11.6 Å². The summed E-state index contributed by atoms with van der Waals surface area (Å²) in [6, 6.07) is 1.95. The van der Waals surface area contributed by atoms with Crippen LogP contribution in [0, 0.1) is 17.2 Å². The van der Waals surface area contributed by atoms with Gasteiger partial charge in [0.1, 0.15) is 10.9 Å². The molecule has 1 atom stereocenters. The fraction of sp³-hybridized carbons (Fsp3) is 0.400. The van der Waals surface area contributed by atoms with E-state index in [1.54, 1.807) is 19.9 Å². The summed E-state index contributed by atoms with van der Waals surface area (Å²) in [5.41, 5.74) is 0.895. The number of carbonyl (C=O) groups excluding carboxylic acids is 1. The Hall–Kier alpha value is -1.54. The van der Waals surface area contributed by atoms with Crippen LogP contribution in [0.2, 0.25) is 0 Å². The number of carbonyl (C=O) groups is 1. The molecule has 15 heavy (non-hydrogen) atoms. The standard InChI is InChI=1S/C10H10N2O2S/c1-3-14-10(13)7-4-6(2)12-9(15)8(7)5-11/h4,8H,3H2,1-2H3. The number of esters is 1. The Kier molecular flexibility index (Phi) is 3.69. The molecule has 0 spiro atoms. The highest BCUT2D eigenvalue weighted by atomic mass is 32.1. The Bertz CT molecular complexity index is 404. The van der Waals surface area contributed by atoms with Gasteiger partial charge in [0.15, 0.2) is 0 Å². The first-order chi connectivity index (χ1) is 7.10. The van der Waals surface area contributed by atoms with Gasteiger partial charge in [0, 0.05) is 5.71 Å². The second-order valence-corrected chi connectivity index (χ2v) is 3.39. The zero-order chi connectivity index (χ0) is 11.4. The lowest BCUT2D eigenvalue weighted by Gasteiger charge is -2.15. The van der Waals surface area contributed by atoms with Gasteiger partial charge >= 0.3 is 5.97 Å². The van der Waals surface area contributed by atoms with Crippen LogP contribution in [0.15, 0.2) is 16.6 Å². The third kappa shape index (κ3) is 2.48. The second kappa shape index (κ2) is 4.80. The van der Waals surface area contributed by atoms with E-state index < -0.39 is 11.9 Å². The molecule has 0 saturated carbocycles. The highest BCUT2D eigenvalue weighted by Gasteiger charge is 2.28. The van der Waals surface area contributed by atoms with Crippen molar-refractivity contribution in [1.29, 1.82) is 5.26 Å². The van der Waals surface area contributed by atoms with Crippen molar-refractivity contribution in [2.45, 2.75) is 13.8 Å². The summed E-state index contributed by atoms with van der Waals surface area (Å²) in [7, 11) is 0. The van der Waals surface area contributed by atoms with Crippen LogP contribution in [0.5, 0.6) is 0 Å². The number of rotatable bonds is 2. The van der Waals surface area contributed by atoms with E-state index in [1.165, 1.54) is 0 Å². The van der Waals surface area contributed by atoms with Crippen molar-refractivity contribution >= 4 is 28.9 Å². The summed E-state index contributed by atoms with van der Waals surface area (Å²) >= 11 is 4.93. The Morgan fingerprint density at radius 2 is 2.47 bits per heavy atom. The monoisotopic (exact) mass is 222 g/mol. The van der Waals surface area contributed by atoms with Gasteiger partial charge in [0.25, 0.3) is 0 Å². The first kappa shape index (κ1) is 11.5. The summed E-state index contributed by atoms with van der Waals surface area (Å²) in [6.07, 6.45) is 1.54. The lowest BCUT2D eigenvalue weighted by atomic mass is 9.96. The van der Waals surface area contributed by atoms with Crippen molar-refractivity contribution in [3.8, 4) is 6.07 Å². The van der Waals surface area contributed by atoms with E-state index in [-0.39, 0.29) is 17.2 Å². The predicted octanol–water partition coefficient (Wildman–Crippen LogP) is 1.42. The molecule has 0 aromatic heterocycles. The number of thiocarbonyl (C=S) groups is 1. The van der Waals surface area contributed by atoms with Gasteiger partial charge in [-0.3, -0.25) is 0 Å². The Morgan fingerprint density at radius 1 is 1.80 bits per heavy atom. The third-order valence-corrected chi connectivity index (χ3v) is 2.18. The van der Waals surface area contributed by atoms with Crippen LogP contribution in [0.1, 0.15) is 13.8 Å². The normalized spacial score (nSPS) is 20.1. The molecule has 1 aliphatic heterocycles. The van der Waals surface area contributed by atoms with Gasteiger partial charge in [-0.2, -0.15) is 5.26 Å². The van der Waals surface area contributed by atoms with Crippen LogP contribution >= 0.6 is 12.2 Å². The van der Waals surface area contributed by atoms with Crippen LogP contribution in [0.25, 0.3) is 0 Å². The Morgan fingerprint density at radius 3 is 3.00 bits per heavy atom. The van der Waals surface area contributed by atoms with Crippen LogP contribution in [0.3, 0.4) is 0 Å². The average Bonchev–Trinajstić information content (AvgIpc) is 2.17. The molecule has 0 saturated heterocycles. The highest BCUT2D eigenvalue weighted by Crippen LogP contribution is 2.19. The van der Waals surface area contributed by atoms with Gasteiger partial charge in [0.2, 0.25) is 0 Å². The van der Waals surface area contributed by atoms with Gasteiger partial charge in [-0.1, -0.05) is 12.2 Å². The molecule has 0 fully saturated rings. The zero-order valence-electron chi connectivity index (χ0n) is 8.48. The number of dihydropyridines is 1. The Balaban J connectivity index is 3.03. The SMILES string of the molecule is CCOC(=O)C1=CC(C)=NC(=S)C1C#N. The number of nitrogens with zero attached hydrogens (tertiary/aromatic N) is 2. The second-order valence-electron chi connectivity index (χ2n) is 2.97. The van der Waals surface area contributed by atoms with E-state index >= 15 is 0 Å².